The first-order valence-electron chi connectivity index (χ1n) is 9.37. The van der Waals surface area contributed by atoms with Gasteiger partial charge in [0, 0.05) is 30.7 Å². The summed E-state index contributed by atoms with van der Waals surface area (Å²) in [6, 6.07) is 9.89. The summed E-state index contributed by atoms with van der Waals surface area (Å²) in [5.74, 6) is 0.276. The summed E-state index contributed by atoms with van der Waals surface area (Å²) < 4.78 is 1.71. The first-order chi connectivity index (χ1) is 13.0. The van der Waals surface area contributed by atoms with E-state index in [1.54, 1.807) is 10.9 Å². The second-order valence-corrected chi connectivity index (χ2v) is 7.33. The number of pyridine rings is 1. The zero-order valence-corrected chi connectivity index (χ0v) is 18.1. The van der Waals surface area contributed by atoms with Crippen LogP contribution in [0, 0.1) is 12.8 Å². The maximum Gasteiger partial charge on any atom is 0.276 e. The van der Waals surface area contributed by atoms with Crippen LogP contribution in [-0.2, 0) is 0 Å². The Kier molecular flexibility index (Phi) is 7.57. The number of piperidine rings is 1. The Morgan fingerprint density at radius 3 is 2.83 bits per heavy atom. The van der Waals surface area contributed by atoms with Gasteiger partial charge in [0.25, 0.3) is 5.91 Å². The molecule has 7 nitrogen and oxygen atoms in total. The molecule has 9 heteroatoms. The van der Waals surface area contributed by atoms with Gasteiger partial charge in [-0.15, -0.1) is 29.9 Å². The van der Waals surface area contributed by atoms with Crippen molar-refractivity contribution in [2.75, 3.05) is 13.1 Å². The van der Waals surface area contributed by atoms with Crippen LogP contribution in [0.3, 0.4) is 0 Å². The monoisotopic (exact) mass is 436 g/mol. The molecule has 1 amide bonds. The van der Waals surface area contributed by atoms with Gasteiger partial charge >= 0.3 is 0 Å². The summed E-state index contributed by atoms with van der Waals surface area (Å²) in [4.78, 5) is 19.2. The molecule has 29 heavy (non-hydrogen) atoms. The van der Waals surface area contributed by atoms with Crippen molar-refractivity contribution in [2.45, 2.75) is 32.7 Å². The number of nitrogens with two attached hydrogens (primary N) is 1. The van der Waals surface area contributed by atoms with E-state index in [-0.39, 0.29) is 36.8 Å². The topological polar surface area (TPSA) is 89.9 Å². The molecule has 1 fully saturated rings. The van der Waals surface area contributed by atoms with E-state index in [2.05, 4.69) is 15.3 Å². The molecule has 3 heterocycles. The third kappa shape index (κ3) is 4.52. The second kappa shape index (κ2) is 9.52. The van der Waals surface area contributed by atoms with Gasteiger partial charge in [-0.25, -0.2) is 4.68 Å². The molecule has 0 spiro atoms. The van der Waals surface area contributed by atoms with Gasteiger partial charge in [-0.05, 0) is 56.9 Å². The van der Waals surface area contributed by atoms with Crippen molar-refractivity contribution < 1.29 is 4.79 Å². The molecular weight excluding hydrogens is 411 g/mol. The molecular formula is C20H26Cl2N6O. The van der Waals surface area contributed by atoms with Gasteiger partial charge in [0.15, 0.2) is 5.69 Å². The number of hydrogen-bond acceptors (Lipinski definition) is 5. The van der Waals surface area contributed by atoms with Crippen molar-refractivity contribution >= 4 is 41.6 Å². The highest BCUT2D eigenvalue weighted by Crippen LogP contribution is 2.22. The summed E-state index contributed by atoms with van der Waals surface area (Å²) >= 11 is 0. The highest BCUT2D eigenvalue weighted by molar-refractivity contribution is 5.93. The van der Waals surface area contributed by atoms with E-state index in [0.717, 1.165) is 41.7 Å². The summed E-state index contributed by atoms with van der Waals surface area (Å²) in [5, 5.41) is 9.45. The zero-order chi connectivity index (χ0) is 19.0. The largest absolute Gasteiger partial charge is 0.337 e. The van der Waals surface area contributed by atoms with Crippen molar-refractivity contribution in [3.63, 3.8) is 0 Å². The number of aromatic nitrogens is 4. The average molecular weight is 437 g/mol. The molecule has 0 aliphatic carbocycles. The predicted molar refractivity (Wildman–Crippen MR) is 118 cm³/mol. The van der Waals surface area contributed by atoms with Crippen LogP contribution < -0.4 is 5.73 Å². The third-order valence-electron chi connectivity index (χ3n) is 5.42. The fourth-order valence-corrected chi connectivity index (χ4v) is 3.74. The Morgan fingerprint density at radius 1 is 1.28 bits per heavy atom. The third-order valence-corrected chi connectivity index (χ3v) is 5.42. The average Bonchev–Trinajstić information content (AvgIpc) is 3.08. The second-order valence-electron chi connectivity index (χ2n) is 7.33. The molecule has 1 aliphatic heterocycles. The quantitative estimate of drug-likeness (QED) is 0.680. The van der Waals surface area contributed by atoms with Crippen LogP contribution >= 0.6 is 24.8 Å². The van der Waals surface area contributed by atoms with Crippen LogP contribution in [0.15, 0.2) is 36.5 Å². The van der Waals surface area contributed by atoms with E-state index < -0.39 is 0 Å². The predicted octanol–water partition coefficient (Wildman–Crippen LogP) is 3.17. The lowest BCUT2D eigenvalue weighted by Gasteiger charge is -2.34. The molecule has 1 aliphatic rings. The number of hydrogen-bond donors (Lipinski definition) is 1. The number of rotatable bonds is 3. The van der Waals surface area contributed by atoms with Gasteiger partial charge in [0.2, 0.25) is 0 Å². The minimum Gasteiger partial charge on any atom is -0.337 e. The standard InChI is InChI=1S/C20H24N6O.2ClH/c1-13(21)16-6-4-10-25(12-16)20(27)19-14(2)26(24-23-19)17-7-8-18-15(11-17)5-3-9-22-18;;/h3,5,7-9,11,13,16H,4,6,10,12,21H2,1-2H3;2*1H. The van der Waals surface area contributed by atoms with Gasteiger partial charge in [0.1, 0.15) is 0 Å². The minimum absolute atomic E-state index is 0. The number of carbonyl (C=O) groups is 1. The van der Waals surface area contributed by atoms with Crippen molar-refractivity contribution in [3.05, 3.63) is 47.9 Å². The highest BCUT2D eigenvalue weighted by atomic mass is 35.5. The first kappa shape index (κ1) is 23.1. The summed E-state index contributed by atoms with van der Waals surface area (Å²) in [6.07, 6.45) is 3.81. The summed E-state index contributed by atoms with van der Waals surface area (Å²) in [5.41, 5.74) is 8.99. The van der Waals surface area contributed by atoms with Crippen LogP contribution in [0.25, 0.3) is 16.6 Å². The van der Waals surface area contributed by atoms with Crippen molar-refractivity contribution in [1.29, 1.82) is 0 Å². The Morgan fingerprint density at radius 2 is 2.07 bits per heavy atom. The Bertz CT molecular complexity index is 990. The first-order valence-corrected chi connectivity index (χ1v) is 9.37. The molecule has 1 saturated heterocycles. The Labute approximate surface area is 182 Å². The lowest BCUT2D eigenvalue weighted by atomic mass is 9.92. The summed E-state index contributed by atoms with van der Waals surface area (Å²) in [7, 11) is 0. The van der Waals surface area contributed by atoms with Gasteiger partial charge in [0.05, 0.1) is 16.9 Å². The van der Waals surface area contributed by atoms with Crippen LogP contribution in [0.2, 0.25) is 0 Å². The molecule has 2 aromatic heterocycles. The van der Waals surface area contributed by atoms with Gasteiger partial charge in [-0.2, -0.15) is 0 Å². The maximum atomic E-state index is 13.0. The molecule has 2 N–H and O–H groups in total. The fraction of sp³-hybridized carbons (Fsp3) is 0.400. The van der Waals surface area contributed by atoms with E-state index >= 15 is 0 Å². The molecule has 0 bridgehead atoms. The normalized spacial score (nSPS) is 17.3. The lowest BCUT2D eigenvalue weighted by molar-refractivity contribution is 0.0654. The molecule has 156 valence electrons. The van der Waals surface area contributed by atoms with E-state index in [4.69, 9.17) is 5.73 Å². The van der Waals surface area contributed by atoms with Gasteiger partial charge in [-0.1, -0.05) is 11.3 Å². The van der Waals surface area contributed by atoms with Crippen molar-refractivity contribution in [1.82, 2.24) is 24.9 Å². The minimum atomic E-state index is -0.0634. The number of fused-ring (bicyclic) bond motifs is 1. The molecule has 3 aromatic rings. The number of benzene rings is 1. The van der Waals surface area contributed by atoms with Gasteiger partial charge < -0.3 is 10.6 Å². The van der Waals surface area contributed by atoms with Gasteiger partial charge in [-0.3, -0.25) is 9.78 Å². The number of amides is 1. The molecule has 1 aromatic carbocycles. The molecule has 0 radical (unpaired) electrons. The van der Waals surface area contributed by atoms with Crippen LogP contribution in [0.1, 0.15) is 35.9 Å². The van der Waals surface area contributed by atoms with Crippen LogP contribution in [0.4, 0.5) is 0 Å². The zero-order valence-electron chi connectivity index (χ0n) is 16.5. The fourth-order valence-electron chi connectivity index (χ4n) is 3.74. The number of likely N-dealkylation sites (tertiary alicyclic amines) is 1. The molecule has 4 rings (SSSR count). The van der Waals surface area contributed by atoms with E-state index in [0.29, 0.717) is 18.2 Å². The highest BCUT2D eigenvalue weighted by Gasteiger charge is 2.29. The number of halogens is 2. The molecule has 2 atom stereocenters. The van der Waals surface area contributed by atoms with E-state index in [9.17, 15) is 4.79 Å². The van der Waals surface area contributed by atoms with Crippen molar-refractivity contribution in [2.24, 2.45) is 11.7 Å². The van der Waals surface area contributed by atoms with Crippen LogP contribution in [-0.4, -0.2) is 49.9 Å². The van der Waals surface area contributed by atoms with Crippen molar-refractivity contribution in [3.8, 4) is 5.69 Å². The smallest absolute Gasteiger partial charge is 0.276 e. The van der Waals surface area contributed by atoms with E-state index in [1.165, 1.54) is 0 Å². The molecule has 2 unspecified atom stereocenters. The maximum absolute atomic E-state index is 13.0. The Hall–Kier alpha value is -2.22. The van der Waals surface area contributed by atoms with E-state index in [1.807, 2.05) is 49.1 Å². The lowest BCUT2D eigenvalue weighted by Crippen LogP contribution is -2.45. The SMILES string of the molecule is Cc1c(C(=O)N2CCCC(C(C)N)C2)nnn1-c1ccc2ncccc2c1.Cl.Cl. The number of carbonyl (C=O) groups excluding carboxylic acids is 1. The van der Waals surface area contributed by atoms with Crippen LogP contribution in [0.5, 0.6) is 0 Å². The molecule has 0 saturated carbocycles. The Balaban J connectivity index is 0.00000150. The number of nitrogens with zero attached hydrogens (tertiary/aromatic N) is 5. The summed E-state index contributed by atoms with van der Waals surface area (Å²) in [6.45, 7) is 5.32.